The van der Waals surface area contributed by atoms with Crippen molar-refractivity contribution >= 4 is 33.3 Å². The molecule has 0 atom stereocenters. The minimum atomic E-state index is -0.0954. The van der Waals surface area contributed by atoms with Gasteiger partial charge in [0.25, 0.3) is 5.56 Å². The third kappa shape index (κ3) is 4.76. The molecule has 3 heterocycles. The van der Waals surface area contributed by atoms with Crippen molar-refractivity contribution in [3.8, 4) is 0 Å². The second-order valence-corrected chi connectivity index (χ2v) is 10.4. The molecule has 1 saturated carbocycles. The molecule has 1 aliphatic carbocycles. The van der Waals surface area contributed by atoms with E-state index in [0.29, 0.717) is 28.3 Å². The molecule has 0 bridgehead atoms. The van der Waals surface area contributed by atoms with E-state index in [1.165, 1.54) is 10.4 Å². The molecule has 0 saturated heterocycles. The highest BCUT2D eigenvalue weighted by Crippen LogP contribution is 2.35. The van der Waals surface area contributed by atoms with Crippen LogP contribution in [-0.2, 0) is 30.7 Å². The fraction of sp³-hybridized carbons (Fsp3) is 0.333. The lowest BCUT2D eigenvalue weighted by atomic mass is 10.1. The van der Waals surface area contributed by atoms with Gasteiger partial charge in [-0.3, -0.25) is 19.1 Å². The van der Waals surface area contributed by atoms with E-state index < -0.39 is 0 Å². The Kier molecular flexibility index (Phi) is 5.91. The molecule has 4 aromatic rings. The largest absolute Gasteiger partial charge is 0.302 e. The molecule has 1 aliphatic heterocycles. The standard InChI is InChI=1S/C27H27N5O2S/c33-25(13-12-24-28-21-9-5-4-8-20(21)26(34)32(24)19-10-11-19)30-27-29-22-14-15-31(17-23(22)35-27)16-18-6-2-1-3-7-18/h1-9,19H,10-17H2,(H,29,30,33). The summed E-state index contributed by atoms with van der Waals surface area (Å²) >= 11 is 1.57. The van der Waals surface area contributed by atoms with Crippen molar-refractivity contribution in [2.75, 3.05) is 11.9 Å². The van der Waals surface area contributed by atoms with Gasteiger partial charge in [-0.25, -0.2) is 9.97 Å². The van der Waals surface area contributed by atoms with Crippen LogP contribution in [0.25, 0.3) is 10.9 Å². The first-order valence-electron chi connectivity index (χ1n) is 12.2. The summed E-state index contributed by atoms with van der Waals surface area (Å²) in [6.45, 7) is 2.74. The quantitative estimate of drug-likeness (QED) is 0.422. The van der Waals surface area contributed by atoms with Crippen LogP contribution < -0.4 is 10.9 Å². The first-order chi connectivity index (χ1) is 17.1. The molecule has 1 fully saturated rings. The van der Waals surface area contributed by atoms with Crippen LogP contribution in [0.1, 0.15) is 47.3 Å². The summed E-state index contributed by atoms with van der Waals surface area (Å²) in [5.74, 6) is 0.600. The van der Waals surface area contributed by atoms with Crippen LogP contribution in [0.5, 0.6) is 0 Å². The number of aryl methyl sites for hydroxylation is 1. The maximum absolute atomic E-state index is 13.0. The SMILES string of the molecule is O=C(CCc1nc2ccccc2c(=O)n1C1CC1)Nc1nc2c(s1)CN(Cc1ccccc1)CC2. The van der Waals surface area contributed by atoms with Gasteiger partial charge in [-0.15, -0.1) is 11.3 Å². The molecular formula is C27H27N5O2S. The molecular weight excluding hydrogens is 458 g/mol. The van der Waals surface area contributed by atoms with Crippen molar-refractivity contribution in [2.45, 2.75) is 51.2 Å². The normalized spacial score (nSPS) is 15.8. The minimum Gasteiger partial charge on any atom is -0.302 e. The van der Waals surface area contributed by atoms with Crippen LogP contribution in [-0.4, -0.2) is 31.9 Å². The number of para-hydroxylation sites is 1. The van der Waals surface area contributed by atoms with E-state index in [-0.39, 0.29) is 23.9 Å². The number of benzene rings is 2. The Morgan fingerprint density at radius 3 is 2.69 bits per heavy atom. The van der Waals surface area contributed by atoms with Gasteiger partial charge in [0.05, 0.1) is 16.6 Å². The van der Waals surface area contributed by atoms with Crippen LogP contribution in [0.4, 0.5) is 5.13 Å². The Hall–Kier alpha value is -3.36. The van der Waals surface area contributed by atoms with Crippen molar-refractivity contribution in [3.63, 3.8) is 0 Å². The van der Waals surface area contributed by atoms with Gasteiger partial charge < -0.3 is 5.32 Å². The summed E-state index contributed by atoms with van der Waals surface area (Å²) in [4.78, 5) is 38.9. The summed E-state index contributed by atoms with van der Waals surface area (Å²) in [6.07, 6.45) is 3.57. The Bertz CT molecular complexity index is 1440. The van der Waals surface area contributed by atoms with Gasteiger partial charge in [0.15, 0.2) is 5.13 Å². The van der Waals surface area contributed by atoms with Crippen molar-refractivity contribution < 1.29 is 4.79 Å². The zero-order valence-corrected chi connectivity index (χ0v) is 20.3. The molecule has 178 valence electrons. The number of hydrogen-bond donors (Lipinski definition) is 1. The van der Waals surface area contributed by atoms with Crippen molar-refractivity contribution in [1.29, 1.82) is 0 Å². The second kappa shape index (κ2) is 9.36. The zero-order valence-electron chi connectivity index (χ0n) is 19.4. The molecule has 2 aromatic carbocycles. The molecule has 7 nitrogen and oxygen atoms in total. The van der Waals surface area contributed by atoms with Crippen LogP contribution in [0.2, 0.25) is 0 Å². The van der Waals surface area contributed by atoms with Crippen molar-refractivity contribution in [3.05, 3.63) is 86.9 Å². The van der Waals surface area contributed by atoms with Crippen molar-refractivity contribution in [2.24, 2.45) is 0 Å². The van der Waals surface area contributed by atoms with E-state index in [4.69, 9.17) is 4.98 Å². The van der Waals surface area contributed by atoms with E-state index in [9.17, 15) is 9.59 Å². The van der Waals surface area contributed by atoms with E-state index in [1.807, 2.05) is 30.3 Å². The molecule has 0 radical (unpaired) electrons. The number of amides is 1. The van der Waals surface area contributed by atoms with Gasteiger partial charge in [0.1, 0.15) is 5.82 Å². The highest BCUT2D eigenvalue weighted by molar-refractivity contribution is 7.15. The molecule has 6 rings (SSSR count). The molecule has 2 aliphatic rings. The van der Waals surface area contributed by atoms with Crippen LogP contribution in [0.15, 0.2) is 59.4 Å². The lowest BCUT2D eigenvalue weighted by Gasteiger charge is -2.25. The average Bonchev–Trinajstić information content (AvgIpc) is 3.62. The number of aromatic nitrogens is 3. The van der Waals surface area contributed by atoms with E-state index in [1.54, 1.807) is 15.9 Å². The Balaban J connectivity index is 1.11. The highest BCUT2D eigenvalue weighted by Gasteiger charge is 2.28. The van der Waals surface area contributed by atoms with Gasteiger partial charge in [0, 0.05) is 49.8 Å². The smallest absolute Gasteiger partial charge is 0.261 e. The summed E-state index contributed by atoms with van der Waals surface area (Å²) in [5, 5.41) is 4.29. The maximum atomic E-state index is 13.0. The van der Waals surface area contributed by atoms with E-state index in [2.05, 4.69) is 39.5 Å². The van der Waals surface area contributed by atoms with Crippen LogP contribution in [0.3, 0.4) is 0 Å². The molecule has 1 N–H and O–H groups in total. The van der Waals surface area contributed by atoms with Crippen LogP contribution in [0, 0.1) is 0 Å². The topological polar surface area (TPSA) is 80.1 Å². The molecule has 8 heteroatoms. The number of carbonyl (C=O) groups is 1. The number of anilines is 1. The van der Waals surface area contributed by atoms with Crippen LogP contribution >= 0.6 is 11.3 Å². The summed E-state index contributed by atoms with van der Waals surface area (Å²) in [7, 11) is 0. The number of carbonyl (C=O) groups excluding carboxylic acids is 1. The van der Waals surface area contributed by atoms with Gasteiger partial charge in [-0.05, 0) is 30.5 Å². The average molecular weight is 486 g/mol. The first-order valence-corrected chi connectivity index (χ1v) is 13.0. The maximum Gasteiger partial charge on any atom is 0.261 e. The molecule has 35 heavy (non-hydrogen) atoms. The highest BCUT2D eigenvalue weighted by atomic mass is 32.1. The number of rotatable bonds is 7. The predicted molar refractivity (Wildman–Crippen MR) is 138 cm³/mol. The first kappa shape index (κ1) is 22.1. The number of nitrogens with zero attached hydrogens (tertiary/aromatic N) is 4. The number of nitrogens with one attached hydrogen (secondary N) is 1. The fourth-order valence-electron chi connectivity index (χ4n) is 4.76. The molecule has 0 unspecified atom stereocenters. The fourth-order valence-corrected chi connectivity index (χ4v) is 5.83. The van der Waals surface area contributed by atoms with E-state index in [0.717, 1.165) is 44.6 Å². The Labute approximate surface area is 207 Å². The zero-order chi connectivity index (χ0) is 23.8. The summed E-state index contributed by atoms with van der Waals surface area (Å²) in [6, 6.07) is 18.1. The third-order valence-corrected chi connectivity index (χ3v) is 7.67. The molecule has 1 amide bonds. The minimum absolute atomic E-state index is 0.00108. The number of fused-ring (bicyclic) bond motifs is 2. The number of hydrogen-bond acceptors (Lipinski definition) is 6. The monoisotopic (exact) mass is 485 g/mol. The van der Waals surface area contributed by atoms with Gasteiger partial charge in [-0.2, -0.15) is 0 Å². The lowest BCUT2D eigenvalue weighted by molar-refractivity contribution is -0.116. The summed E-state index contributed by atoms with van der Waals surface area (Å²) < 4.78 is 1.80. The Morgan fingerprint density at radius 2 is 1.86 bits per heavy atom. The molecule has 2 aromatic heterocycles. The van der Waals surface area contributed by atoms with Gasteiger partial charge in [-0.1, -0.05) is 42.5 Å². The van der Waals surface area contributed by atoms with Gasteiger partial charge >= 0.3 is 0 Å². The number of thiazole rings is 1. The lowest BCUT2D eigenvalue weighted by Crippen LogP contribution is -2.29. The predicted octanol–water partition coefficient (Wildman–Crippen LogP) is 4.32. The van der Waals surface area contributed by atoms with Gasteiger partial charge in [0.2, 0.25) is 5.91 Å². The molecule has 0 spiro atoms. The Morgan fingerprint density at radius 1 is 1.06 bits per heavy atom. The van der Waals surface area contributed by atoms with Crippen molar-refractivity contribution in [1.82, 2.24) is 19.4 Å². The second-order valence-electron chi connectivity index (χ2n) is 9.33. The third-order valence-electron chi connectivity index (χ3n) is 6.67. The van der Waals surface area contributed by atoms with E-state index >= 15 is 0 Å². The summed E-state index contributed by atoms with van der Waals surface area (Å²) in [5.41, 5.74) is 3.09.